The lowest BCUT2D eigenvalue weighted by atomic mass is 9.78. The third-order valence-electron chi connectivity index (χ3n) is 10.1. The largest absolute Gasteiger partial charge is 0.481 e. The van der Waals surface area contributed by atoms with Gasteiger partial charge in [-0.3, -0.25) is 24.0 Å². The van der Waals surface area contributed by atoms with Gasteiger partial charge in [0.25, 0.3) is 0 Å². The fourth-order valence-corrected chi connectivity index (χ4v) is 6.51. The summed E-state index contributed by atoms with van der Waals surface area (Å²) in [5.74, 6) is -12.8. The summed E-state index contributed by atoms with van der Waals surface area (Å²) in [7, 11) is 0. The maximum atomic E-state index is 12.7. The van der Waals surface area contributed by atoms with Crippen LogP contribution in [0.4, 0.5) is 0 Å². The Morgan fingerprint density at radius 1 is 0.534 bits per heavy atom. The molecule has 0 aliphatic heterocycles. The first kappa shape index (κ1) is 54.9. The van der Waals surface area contributed by atoms with Gasteiger partial charge in [0, 0.05) is 13.0 Å². The summed E-state index contributed by atoms with van der Waals surface area (Å²) < 4.78 is 33.0. The maximum Gasteiger partial charge on any atom is 0.310 e. The van der Waals surface area contributed by atoms with Gasteiger partial charge >= 0.3 is 29.8 Å². The molecule has 0 aromatic carbocycles. The molecule has 0 bridgehead atoms. The van der Waals surface area contributed by atoms with Crippen molar-refractivity contribution >= 4 is 29.8 Å². The van der Waals surface area contributed by atoms with E-state index in [1.54, 1.807) is 6.92 Å². The number of carboxylic acids is 4. The van der Waals surface area contributed by atoms with Crippen LogP contribution in [-0.4, -0.2) is 122 Å². The molecule has 0 saturated heterocycles. The lowest BCUT2D eigenvalue weighted by Crippen LogP contribution is -2.44. The normalized spacial score (nSPS) is 14.8. The van der Waals surface area contributed by atoms with Gasteiger partial charge in [0.15, 0.2) is 0 Å². The fourth-order valence-electron chi connectivity index (χ4n) is 6.51. The molecule has 4 N–H and O–H groups in total. The average Bonchev–Trinajstić information content (AvgIpc) is 3.18. The first-order valence-corrected chi connectivity index (χ1v) is 21.6. The second-order valence-corrected chi connectivity index (χ2v) is 14.6. The molecular weight excluding hydrogens is 756 g/mol. The fraction of sp³-hybridized carbons (Fsp3) is 0.837. The Hall–Kier alpha value is -3.11. The van der Waals surface area contributed by atoms with Crippen LogP contribution in [0.5, 0.6) is 0 Å². The van der Waals surface area contributed by atoms with E-state index >= 15 is 0 Å². The van der Waals surface area contributed by atoms with Crippen LogP contribution in [0.15, 0.2) is 12.2 Å². The van der Waals surface area contributed by atoms with Crippen molar-refractivity contribution < 1.29 is 72.8 Å². The van der Waals surface area contributed by atoms with Crippen molar-refractivity contribution in [2.75, 3.05) is 59.5 Å². The van der Waals surface area contributed by atoms with E-state index in [1.807, 2.05) is 6.92 Å². The van der Waals surface area contributed by atoms with Gasteiger partial charge in [-0.15, -0.1) is 0 Å². The van der Waals surface area contributed by atoms with Gasteiger partial charge in [-0.25, -0.2) is 0 Å². The molecule has 0 heterocycles. The quantitative estimate of drug-likeness (QED) is 0.0267. The third kappa shape index (κ3) is 28.3. The first-order valence-electron chi connectivity index (χ1n) is 21.6. The highest BCUT2D eigenvalue weighted by atomic mass is 16.6. The number of ether oxygens (including phenoxy) is 6. The van der Waals surface area contributed by atoms with E-state index in [1.165, 1.54) is 45.4 Å². The average molecular weight is 833 g/mol. The predicted molar refractivity (Wildman–Crippen MR) is 218 cm³/mol. The molecule has 0 saturated carbocycles. The summed E-state index contributed by atoms with van der Waals surface area (Å²) in [5, 5.41) is 40.0. The number of carbonyl (C=O) groups excluding carboxylic acids is 1. The maximum absolute atomic E-state index is 12.7. The van der Waals surface area contributed by atoms with Crippen LogP contribution in [0.3, 0.4) is 0 Å². The topological polar surface area (TPSA) is 222 Å². The summed E-state index contributed by atoms with van der Waals surface area (Å²) >= 11 is 0. The van der Waals surface area contributed by atoms with Crippen molar-refractivity contribution in [2.24, 2.45) is 23.7 Å². The van der Waals surface area contributed by atoms with Gasteiger partial charge in [-0.2, -0.15) is 0 Å². The molecule has 0 aromatic heterocycles. The Labute approximate surface area is 346 Å². The number of esters is 1. The van der Waals surface area contributed by atoms with Gasteiger partial charge in [-0.05, 0) is 58.3 Å². The van der Waals surface area contributed by atoms with Gasteiger partial charge in [0.1, 0.15) is 6.61 Å². The molecule has 0 aromatic rings. The highest BCUT2D eigenvalue weighted by molar-refractivity contribution is 5.82. The number of hydrogen-bond donors (Lipinski definition) is 4. The Morgan fingerprint density at radius 3 is 1.57 bits per heavy atom. The monoisotopic (exact) mass is 833 g/mol. The van der Waals surface area contributed by atoms with Crippen molar-refractivity contribution in [2.45, 2.75) is 149 Å². The molecule has 58 heavy (non-hydrogen) atoms. The van der Waals surface area contributed by atoms with Crippen LogP contribution in [0.25, 0.3) is 0 Å². The summed E-state index contributed by atoms with van der Waals surface area (Å²) in [5.41, 5.74) is 0. The lowest BCUT2D eigenvalue weighted by Gasteiger charge is -2.32. The minimum Gasteiger partial charge on any atom is -0.481 e. The minimum atomic E-state index is -1.78. The summed E-state index contributed by atoms with van der Waals surface area (Å²) in [6.45, 7) is 8.84. The van der Waals surface area contributed by atoms with Crippen LogP contribution >= 0.6 is 0 Å². The Bertz CT molecular complexity index is 1110. The van der Waals surface area contributed by atoms with Crippen LogP contribution in [0.1, 0.15) is 137 Å². The number of carboxylic acid groups (broad SMARTS) is 4. The minimum absolute atomic E-state index is 0.0983. The Balaban J connectivity index is 5.16. The number of carbonyl (C=O) groups is 5. The van der Waals surface area contributed by atoms with E-state index in [4.69, 9.17) is 28.4 Å². The molecule has 0 spiro atoms. The molecule has 15 heteroatoms. The van der Waals surface area contributed by atoms with Crippen molar-refractivity contribution in [3.63, 3.8) is 0 Å². The highest BCUT2D eigenvalue weighted by Gasteiger charge is 2.44. The second-order valence-electron chi connectivity index (χ2n) is 14.6. The Kier molecular flexibility index (Phi) is 35.0. The van der Waals surface area contributed by atoms with E-state index in [0.29, 0.717) is 45.9 Å². The van der Waals surface area contributed by atoms with Crippen molar-refractivity contribution in [3.8, 4) is 0 Å². The van der Waals surface area contributed by atoms with Gasteiger partial charge in [0.05, 0.1) is 82.1 Å². The molecule has 338 valence electrons. The zero-order valence-corrected chi connectivity index (χ0v) is 35.8. The van der Waals surface area contributed by atoms with Crippen LogP contribution in [0.2, 0.25) is 0 Å². The van der Waals surface area contributed by atoms with Gasteiger partial charge < -0.3 is 48.8 Å². The molecule has 0 fully saturated rings. The van der Waals surface area contributed by atoms with E-state index in [-0.39, 0.29) is 39.3 Å². The van der Waals surface area contributed by atoms with E-state index in [9.17, 15) is 44.4 Å². The van der Waals surface area contributed by atoms with Crippen molar-refractivity contribution in [1.29, 1.82) is 0 Å². The number of rotatable bonds is 42. The number of aliphatic carboxylic acids is 4. The van der Waals surface area contributed by atoms with Gasteiger partial charge in [-0.1, -0.05) is 84.3 Å². The van der Waals surface area contributed by atoms with Crippen LogP contribution in [-0.2, 0) is 52.4 Å². The summed E-state index contributed by atoms with van der Waals surface area (Å²) in [6, 6.07) is 0. The molecule has 0 amide bonds. The third-order valence-corrected chi connectivity index (χ3v) is 10.1. The zero-order chi connectivity index (χ0) is 43.4. The number of hydrogen-bond acceptors (Lipinski definition) is 11. The number of allylic oxidation sites excluding steroid dienone is 2. The molecule has 15 nitrogen and oxygen atoms in total. The number of unbranched alkanes of at least 4 members (excludes halogenated alkanes) is 11. The standard InChI is InChI=1S/C43H76O15/c1-5-8-9-10-11-12-13-14-15-16-17-18-19-20-21-22-38(44)58-30-29-57-37(32-35(41(47)48)33(4)40(45)46)39(43(51)52)36(42(49)50)31-34(6-2)56-28-27-55-26-25-54-24-23-53-7-3/h14-15,33-37,39H,5-13,16-32H2,1-4H3,(H,45,46)(H,47,48)(H,49,50)(H,51,52)/b15-14-. The Morgan fingerprint density at radius 2 is 1.05 bits per heavy atom. The molecular formula is C43H76O15. The van der Waals surface area contributed by atoms with Crippen molar-refractivity contribution in [1.82, 2.24) is 0 Å². The lowest BCUT2D eigenvalue weighted by molar-refractivity contribution is -0.168. The van der Waals surface area contributed by atoms with E-state index < -0.39 is 72.1 Å². The molecule has 0 aliphatic carbocycles. The smallest absolute Gasteiger partial charge is 0.310 e. The molecule has 6 atom stereocenters. The highest BCUT2D eigenvalue weighted by Crippen LogP contribution is 2.32. The molecule has 6 unspecified atom stereocenters. The molecule has 0 aliphatic rings. The SMILES string of the molecule is CCCCCCCC/C=C\CCCCCCCC(=O)OCCOC(CC(C(=O)O)C(C)C(=O)O)C(C(=O)O)C(CC(CC)OCCOCCOCCOCC)C(=O)O. The van der Waals surface area contributed by atoms with E-state index in [0.717, 1.165) is 38.5 Å². The van der Waals surface area contributed by atoms with Crippen molar-refractivity contribution in [3.05, 3.63) is 12.2 Å². The predicted octanol–water partition coefficient (Wildman–Crippen LogP) is 7.42. The van der Waals surface area contributed by atoms with Crippen LogP contribution < -0.4 is 0 Å². The van der Waals surface area contributed by atoms with Gasteiger partial charge in [0.2, 0.25) is 0 Å². The van der Waals surface area contributed by atoms with Crippen LogP contribution in [0, 0.1) is 23.7 Å². The first-order chi connectivity index (χ1) is 27.9. The zero-order valence-electron chi connectivity index (χ0n) is 35.8. The summed E-state index contributed by atoms with van der Waals surface area (Å²) in [4.78, 5) is 61.7. The van der Waals surface area contributed by atoms with E-state index in [2.05, 4.69) is 19.1 Å². The molecule has 0 rings (SSSR count). The second kappa shape index (κ2) is 36.9. The summed E-state index contributed by atoms with van der Waals surface area (Å²) in [6.07, 6.45) is 16.6. The molecule has 0 radical (unpaired) electrons.